The fourth-order valence-electron chi connectivity index (χ4n) is 3.19. The molecule has 0 aromatic carbocycles. The predicted molar refractivity (Wildman–Crippen MR) is 103 cm³/mol. The zero-order chi connectivity index (χ0) is 17.1. The summed E-state index contributed by atoms with van der Waals surface area (Å²) >= 11 is 0. The Hall–Kier alpha value is 0. The minimum atomic E-state index is 0.758. The van der Waals surface area contributed by atoms with Gasteiger partial charge in [0.15, 0.2) is 0 Å². The fourth-order valence-corrected chi connectivity index (χ4v) is 3.19. The Labute approximate surface area is 138 Å². The van der Waals surface area contributed by atoms with Gasteiger partial charge in [-0.25, -0.2) is 0 Å². The molecule has 0 aliphatic heterocycles. The Bertz CT molecular complexity index is 147. The molecule has 0 nitrogen and oxygen atoms in total. The van der Waals surface area contributed by atoms with Gasteiger partial charge in [-0.05, 0) is 30.6 Å². The lowest BCUT2D eigenvalue weighted by atomic mass is 9.76. The van der Waals surface area contributed by atoms with E-state index in [9.17, 15) is 0 Å². The number of unbranched alkanes of at least 4 members (excludes halogenated alkanes) is 3. The summed E-state index contributed by atoms with van der Waals surface area (Å²) in [6, 6.07) is 0. The van der Waals surface area contributed by atoms with Gasteiger partial charge in [0.05, 0.1) is 0 Å². The van der Waals surface area contributed by atoms with Crippen molar-refractivity contribution in [3.63, 3.8) is 0 Å². The average molecular weight is 301 g/mol. The molecule has 1 fully saturated rings. The molecule has 0 atom stereocenters. The first-order valence-electron chi connectivity index (χ1n) is 10.1. The molecule has 132 valence electrons. The molecule has 0 unspecified atom stereocenters. The lowest BCUT2D eigenvalue weighted by Gasteiger charge is -2.29. The SMILES string of the molecule is CC.CC.CCC1(CC(C)C)CCCC1.CCCCCC. The molecule has 0 aromatic heterocycles. The van der Waals surface area contributed by atoms with Gasteiger partial charge in [-0.3, -0.25) is 0 Å². The second-order valence-corrected chi connectivity index (χ2v) is 6.37. The smallest absolute Gasteiger partial charge is 0.0298 e. The van der Waals surface area contributed by atoms with Gasteiger partial charge in [0.25, 0.3) is 0 Å². The summed E-state index contributed by atoms with van der Waals surface area (Å²) in [7, 11) is 0. The van der Waals surface area contributed by atoms with Crippen molar-refractivity contribution in [2.24, 2.45) is 11.3 Å². The molecule has 1 aliphatic carbocycles. The Morgan fingerprint density at radius 2 is 1.14 bits per heavy atom. The fraction of sp³-hybridized carbons (Fsp3) is 1.00. The van der Waals surface area contributed by atoms with E-state index in [0.717, 1.165) is 11.3 Å². The molecule has 1 saturated carbocycles. The van der Waals surface area contributed by atoms with Crippen molar-refractivity contribution < 1.29 is 0 Å². The van der Waals surface area contributed by atoms with Crippen molar-refractivity contribution in [3.05, 3.63) is 0 Å². The summed E-state index contributed by atoms with van der Waals surface area (Å²) in [6.45, 7) is 19.5. The molecule has 0 heterocycles. The topological polar surface area (TPSA) is 0 Å². The summed E-state index contributed by atoms with van der Waals surface area (Å²) < 4.78 is 0. The van der Waals surface area contributed by atoms with E-state index in [1.807, 2.05) is 27.7 Å². The maximum Gasteiger partial charge on any atom is -0.0298 e. The highest BCUT2D eigenvalue weighted by molar-refractivity contribution is 4.83. The Kier molecular flexibility index (Phi) is 24.7. The van der Waals surface area contributed by atoms with Crippen molar-refractivity contribution in [1.29, 1.82) is 0 Å². The molecule has 21 heavy (non-hydrogen) atoms. The van der Waals surface area contributed by atoms with Crippen LogP contribution in [0.4, 0.5) is 0 Å². The van der Waals surface area contributed by atoms with Crippen molar-refractivity contribution in [3.8, 4) is 0 Å². The first kappa shape index (κ1) is 25.9. The van der Waals surface area contributed by atoms with Crippen LogP contribution in [0.2, 0.25) is 0 Å². The Morgan fingerprint density at radius 3 is 1.38 bits per heavy atom. The van der Waals surface area contributed by atoms with Crippen LogP contribution in [0.1, 0.15) is 127 Å². The first-order chi connectivity index (χ1) is 10.1. The summed E-state index contributed by atoms with van der Waals surface area (Å²) in [6.07, 6.45) is 14.4. The maximum atomic E-state index is 2.37. The molecular formula is C21H48. The summed E-state index contributed by atoms with van der Waals surface area (Å²) in [5.74, 6) is 0.896. The molecule has 0 saturated heterocycles. The van der Waals surface area contributed by atoms with Gasteiger partial charge in [0.1, 0.15) is 0 Å². The quantitative estimate of drug-likeness (QED) is 0.430. The summed E-state index contributed by atoms with van der Waals surface area (Å²) in [4.78, 5) is 0. The van der Waals surface area contributed by atoms with E-state index in [1.165, 1.54) is 64.2 Å². The standard InChI is InChI=1S/C11H22.C6H14.2C2H6/c1-4-11(9-10(2)3)7-5-6-8-11;1-3-5-6-4-2;2*1-2/h10H,4-9H2,1-3H3;3-6H2,1-2H3;2*1-2H3. The van der Waals surface area contributed by atoms with Gasteiger partial charge in [-0.1, -0.05) is 107 Å². The predicted octanol–water partition coefficient (Wildman–Crippen LogP) is 8.64. The van der Waals surface area contributed by atoms with Crippen molar-refractivity contribution in [2.45, 2.75) is 127 Å². The second kappa shape index (κ2) is 20.0. The van der Waals surface area contributed by atoms with Crippen molar-refractivity contribution in [1.82, 2.24) is 0 Å². The third kappa shape index (κ3) is 16.2. The number of rotatable bonds is 6. The number of hydrogen-bond donors (Lipinski definition) is 0. The third-order valence-corrected chi connectivity index (χ3v) is 4.21. The summed E-state index contributed by atoms with van der Waals surface area (Å²) in [5, 5.41) is 0. The van der Waals surface area contributed by atoms with Gasteiger partial charge in [0.2, 0.25) is 0 Å². The van der Waals surface area contributed by atoms with E-state index < -0.39 is 0 Å². The van der Waals surface area contributed by atoms with E-state index in [4.69, 9.17) is 0 Å². The molecular weight excluding hydrogens is 252 g/mol. The van der Waals surface area contributed by atoms with Crippen molar-refractivity contribution >= 4 is 0 Å². The maximum absolute atomic E-state index is 2.37. The minimum absolute atomic E-state index is 0.758. The zero-order valence-corrected chi connectivity index (χ0v) is 17.1. The molecule has 1 rings (SSSR count). The van der Waals surface area contributed by atoms with Crippen LogP contribution in [0.3, 0.4) is 0 Å². The van der Waals surface area contributed by atoms with Gasteiger partial charge in [-0.2, -0.15) is 0 Å². The highest BCUT2D eigenvalue weighted by Crippen LogP contribution is 2.45. The normalized spacial score (nSPS) is 15.1. The molecule has 0 spiro atoms. The second-order valence-electron chi connectivity index (χ2n) is 6.37. The molecule has 0 heteroatoms. The van der Waals surface area contributed by atoms with Gasteiger partial charge < -0.3 is 0 Å². The van der Waals surface area contributed by atoms with Crippen LogP contribution in [-0.4, -0.2) is 0 Å². The molecule has 0 aromatic rings. The van der Waals surface area contributed by atoms with Crippen LogP contribution >= 0.6 is 0 Å². The number of hydrogen-bond acceptors (Lipinski definition) is 0. The third-order valence-electron chi connectivity index (χ3n) is 4.21. The van der Waals surface area contributed by atoms with Gasteiger partial charge in [-0.15, -0.1) is 0 Å². The van der Waals surface area contributed by atoms with Crippen LogP contribution in [0, 0.1) is 11.3 Å². The molecule has 0 N–H and O–H groups in total. The highest BCUT2D eigenvalue weighted by atomic mass is 14.4. The monoisotopic (exact) mass is 300 g/mol. The van der Waals surface area contributed by atoms with E-state index in [2.05, 4.69) is 34.6 Å². The summed E-state index contributed by atoms with van der Waals surface area (Å²) in [5.41, 5.74) is 0.758. The van der Waals surface area contributed by atoms with Crippen LogP contribution in [0.15, 0.2) is 0 Å². The highest BCUT2D eigenvalue weighted by Gasteiger charge is 2.31. The molecule has 0 radical (unpaired) electrons. The van der Waals surface area contributed by atoms with Crippen LogP contribution in [-0.2, 0) is 0 Å². The lowest BCUT2D eigenvalue weighted by molar-refractivity contribution is 0.225. The van der Waals surface area contributed by atoms with E-state index in [0.29, 0.717) is 0 Å². The van der Waals surface area contributed by atoms with E-state index in [1.54, 1.807) is 0 Å². The minimum Gasteiger partial charge on any atom is -0.0683 e. The van der Waals surface area contributed by atoms with Crippen LogP contribution in [0.5, 0.6) is 0 Å². The lowest BCUT2D eigenvalue weighted by Crippen LogP contribution is -2.17. The average Bonchev–Trinajstić information content (AvgIpc) is 2.98. The molecule has 0 bridgehead atoms. The van der Waals surface area contributed by atoms with E-state index in [-0.39, 0.29) is 0 Å². The van der Waals surface area contributed by atoms with Gasteiger partial charge >= 0.3 is 0 Å². The van der Waals surface area contributed by atoms with Gasteiger partial charge in [0, 0.05) is 0 Å². The molecule has 0 amide bonds. The largest absolute Gasteiger partial charge is 0.0683 e. The van der Waals surface area contributed by atoms with E-state index >= 15 is 0 Å². The van der Waals surface area contributed by atoms with Crippen LogP contribution < -0.4 is 0 Å². The van der Waals surface area contributed by atoms with Crippen molar-refractivity contribution in [2.75, 3.05) is 0 Å². The molecule has 1 aliphatic rings. The van der Waals surface area contributed by atoms with Crippen LogP contribution in [0.25, 0.3) is 0 Å². The Balaban J connectivity index is -0.000000277. The first-order valence-corrected chi connectivity index (χ1v) is 10.1. The zero-order valence-electron chi connectivity index (χ0n) is 17.1. The Morgan fingerprint density at radius 1 is 0.762 bits per heavy atom.